The number of hydrogen-bond donors (Lipinski definition) is 0. The maximum absolute atomic E-state index is 10.4. The molecule has 1 saturated heterocycles. The zero-order valence-electron chi connectivity index (χ0n) is 3.69. The van der Waals surface area contributed by atoms with Crippen LogP contribution in [0.4, 0.5) is 0 Å². The first-order valence-electron chi connectivity index (χ1n) is 2.09. The van der Waals surface area contributed by atoms with E-state index in [0.717, 1.165) is 5.75 Å². The van der Waals surface area contributed by atoms with Gasteiger partial charge in [-0.3, -0.25) is 4.79 Å². The van der Waals surface area contributed by atoms with E-state index in [1.54, 1.807) is 0 Å². The number of carbonyl (C=O) groups excluding carboxylic acids is 1. The van der Waals surface area contributed by atoms with Gasteiger partial charge in [-0.1, -0.05) is 0 Å². The molecule has 40 valence electrons. The number of rotatable bonds is 0. The van der Waals surface area contributed by atoms with E-state index in [4.69, 9.17) is 11.6 Å². The molecule has 1 unspecified atom stereocenters. The summed E-state index contributed by atoms with van der Waals surface area (Å²) in [5.74, 6) is 1.10. The smallest absolute Gasteiger partial charge is 0.161 e. The largest absolute Gasteiger partial charge is 0.297 e. The highest BCUT2D eigenvalue weighted by Gasteiger charge is 2.21. The van der Waals surface area contributed by atoms with Crippen molar-refractivity contribution in [3.05, 3.63) is 0 Å². The van der Waals surface area contributed by atoms with Crippen molar-refractivity contribution in [2.75, 3.05) is 5.75 Å². The lowest BCUT2D eigenvalue weighted by molar-refractivity contribution is -0.116. The molecule has 1 aliphatic rings. The molecule has 0 bridgehead atoms. The van der Waals surface area contributed by atoms with Crippen LogP contribution >= 0.6 is 23.4 Å². The van der Waals surface area contributed by atoms with Crippen LogP contribution in [0, 0.1) is 0 Å². The monoisotopic (exact) mass is 136 g/mol. The van der Waals surface area contributed by atoms with Crippen molar-refractivity contribution in [3.63, 3.8) is 0 Å². The Hall–Kier alpha value is 0.310. The number of Topliss-reactive ketones (excluding diaryl/α,β-unsaturated/α-hetero) is 1. The molecule has 1 fully saturated rings. The number of halogens is 1. The Morgan fingerprint density at radius 2 is 2.57 bits per heavy atom. The van der Waals surface area contributed by atoms with Gasteiger partial charge in [0.25, 0.3) is 0 Å². The molecular formula is C4H5ClOS. The highest BCUT2D eigenvalue weighted by molar-refractivity contribution is 8.02. The molecular weight excluding hydrogens is 132 g/mol. The number of thioether (sulfide) groups is 1. The van der Waals surface area contributed by atoms with Gasteiger partial charge in [-0.15, -0.1) is 23.4 Å². The molecule has 1 heterocycles. The molecule has 0 aromatic carbocycles. The molecule has 1 rings (SSSR count). The molecule has 0 saturated carbocycles. The molecule has 0 N–H and O–H groups in total. The molecule has 0 aliphatic carbocycles. The predicted molar refractivity (Wildman–Crippen MR) is 31.7 cm³/mol. The Morgan fingerprint density at radius 3 is 2.71 bits per heavy atom. The third-order valence-electron chi connectivity index (χ3n) is 0.866. The van der Waals surface area contributed by atoms with Crippen LogP contribution in [0.1, 0.15) is 6.42 Å². The van der Waals surface area contributed by atoms with E-state index in [-0.39, 0.29) is 10.5 Å². The molecule has 3 heteroatoms. The Labute approximate surface area is 51.4 Å². The zero-order valence-corrected chi connectivity index (χ0v) is 5.26. The van der Waals surface area contributed by atoms with Crippen molar-refractivity contribution < 1.29 is 4.79 Å². The van der Waals surface area contributed by atoms with Crippen molar-refractivity contribution in [2.45, 2.75) is 11.1 Å². The first-order valence-corrected chi connectivity index (χ1v) is 3.57. The number of hydrogen-bond acceptors (Lipinski definition) is 2. The average Bonchev–Trinajstić information content (AvgIpc) is 1.91. The molecule has 0 spiro atoms. The lowest BCUT2D eigenvalue weighted by Gasteiger charge is -1.87. The van der Waals surface area contributed by atoms with E-state index >= 15 is 0 Å². The topological polar surface area (TPSA) is 17.1 Å². The van der Waals surface area contributed by atoms with Crippen LogP contribution in [-0.2, 0) is 4.79 Å². The molecule has 1 aliphatic heterocycles. The van der Waals surface area contributed by atoms with Gasteiger partial charge in [-0.05, 0) is 0 Å². The first-order chi connectivity index (χ1) is 3.30. The second kappa shape index (κ2) is 2.05. The normalized spacial score (nSPS) is 31.6. The second-order valence-corrected chi connectivity index (χ2v) is 3.31. The summed E-state index contributed by atoms with van der Waals surface area (Å²) < 4.78 is -0.236. The van der Waals surface area contributed by atoms with Crippen LogP contribution in [0.2, 0.25) is 0 Å². The lowest BCUT2D eigenvalue weighted by atomic mass is 10.4. The molecule has 0 aromatic rings. The minimum absolute atomic E-state index is 0.187. The number of carbonyl (C=O) groups is 1. The maximum Gasteiger partial charge on any atom is 0.161 e. The summed E-state index contributed by atoms with van der Waals surface area (Å²) in [6.07, 6.45) is 0.666. The van der Waals surface area contributed by atoms with Crippen molar-refractivity contribution in [2.24, 2.45) is 0 Å². The number of ketones is 1. The summed E-state index contributed by atoms with van der Waals surface area (Å²) in [5.41, 5.74) is 0. The summed E-state index contributed by atoms with van der Waals surface area (Å²) >= 11 is 7.00. The first kappa shape index (κ1) is 5.45. The molecule has 0 aromatic heterocycles. The van der Waals surface area contributed by atoms with E-state index in [9.17, 15) is 4.79 Å². The van der Waals surface area contributed by atoms with Gasteiger partial charge in [-0.25, -0.2) is 0 Å². The lowest BCUT2D eigenvalue weighted by Crippen LogP contribution is -1.99. The quantitative estimate of drug-likeness (QED) is 0.467. The fourth-order valence-electron chi connectivity index (χ4n) is 0.469. The Bertz CT molecular complexity index is 93.7. The molecule has 1 atom stereocenters. The SMILES string of the molecule is O=C1CCSC1Cl. The summed E-state index contributed by atoms with van der Waals surface area (Å²) in [6, 6.07) is 0. The summed E-state index contributed by atoms with van der Waals surface area (Å²) in [5, 5.41) is 0. The Balaban J connectivity index is 2.48. The molecule has 1 nitrogen and oxygen atoms in total. The zero-order chi connectivity index (χ0) is 5.28. The van der Waals surface area contributed by atoms with Gasteiger partial charge in [0.05, 0.1) is 0 Å². The summed E-state index contributed by atoms with van der Waals surface area (Å²) in [6.45, 7) is 0. The Morgan fingerprint density at radius 1 is 1.86 bits per heavy atom. The van der Waals surface area contributed by atoms with Gasteiger partial charge in [0.1, 0.15) is 4.71 Å². The van der Waals surface area contributed by atoms with E-state index < -0.39 is 0 Å². The molecule has 7 heavy (non-hydrogen) atoms. The molecule has 0 radical (unpaired) electrons. The van der Waals surface area contributed by atoms with Gasteiger partial charge in [0.2, 0.25) is 0 Å². The van der Waals surface area contributed by atoms with Gasteiger partial charge < -0.3 is 0 Å². The van der Waals surface area contributed by atoms with Crippen LogP contribution < -0.4 is 0 Å². The summed E-state index contributed by atoms with van der Waals surface area (Å²) in [4.78, 5) is 10.4. The van der Waals surface area contributed by atoms with Crippen LogP contribution in [0.5, 0.6) is 0 Å². The number of alkyl halides is 1. The van der Waals surface area contributed by atoms with Crippen molar-refractivity contribution in [3.8, 4) is 0 Å². The average molecular weight is 137 g/mol. The minimum atomic E-state index is -0.236. The minimum Gasteiger partial charge on any atom is -0.297 e. The fourth-order valence-corrected chi connectivity index (χ4v) is 1.68. The highest BCUT2D eigenvalue weighted by atomic mass is 35.5. The molecule has 0 amide bonds. The van der Waals surface area contributed by atoms with E-state index in [1.165, 1.54) is 11.8 Å². The highest BCUT2D eigenvalue weighted by Crippen LogP contribution is 2.25. The van der Waals surface area contributed by atoms with Crippen molar-refractivity contribution >= 4 is 29.1 Å². The van der Waals surface area contributed by atoms with Crippen molar-refractivity contribution in [1.29, 1.82) is 0 Å². The predicted octanol–water partition coefficient (Wildman–Crippen LogP) is 1.26. The van der Waals surface area contributed by atoms with Crippen LogP contribution in [-0.4, -0.2) is 16.2 Å². The van der Waals surface area contributed by atoms with Crippen LogP contribution in [0.25, 0.3) is 0 Å². The van der Waals surface area contributed by atoms with E-state index in [1.807, 2.05) is 0 Å². The van der Waals surface area contributed by atoms with Gasteiger partial charge >= 0.3 is 0 Å². The van der Waals surface area contributed by atoms with Gasteiger partial charge in [-0.2, -0.15) is 0 Å². The van der Waals surface area contributed by atoms with Gasteiger partial charge in [0.15, 0.2) is 5.78 Å². The standard InChI is InChI=1S/C4H5ClOS/c5-4-3(6)1-2-7-4/h4H,1-2H2. The van der Waals surface area contributed by atoms with Crippen molar-refractivity contribution in [1.82, 2.24) is 0 Å². The van der Waals surface area contributed by atoms with Crippen LogP contribution in [0.15, 0.2) is 0 Å². The maximum atomic E-state index is 10.4. The second-order valence-electron chi connectivity index (χ2n) is 1.40. The third-order valence-corrected chi connectivity index (χ3v) is 2.48. The third kappa shape index (κ3) is 1.10. The van der Waals surface area contributed by atoms with Crippen LogP contribution in [0.3, 0.4) is 0 Å². The summed E-state index contributed by atoms with van der Waals surface area (Å²) in [7, 11) is 0. The van der Waals surface area contributed by atoms with E-state index in [0.29, 0.717) is 6.42 Å². The Kier molecular flexibility index (Phi) is 1.60. The van der Waals surface area contributed by atoms with E-state index in [2.05, 4.69) is 0 Å². The fraction of sp³-hybridized carbons (Fsp3) is 0.750. The van der Waals surface area contributed by atoms with Gasteiger partial charge in [0, 0.05) is 12.2 Å².